The van der Waals surface area contributed by atoms with E-state index in [2.05, 4.69) is 10.2 Å². The van der Waals surface area contributed by atoms with Gasteiger partial charge in [0.15, 0.2) is 11.5 Å². The molecular weight excluding hydrogens is 407 g/mol. The van der Waals surface area contributed by atoms with Crippen molar-refractivity contribution in [1.29, 1.82) is 0 Å². The number of hydrogen-bond acceptors (Lipinski definition) is 4. The number of fused-ring (bicyclic) bond motifs is 1. The first-order chi connectivity index (χ1) is 12.8. The molecule has 0 unspecified atom stereocenters. The number of rotatable bonds is 3. The maximum atomic E-state index is 13.5. The van der Waals surface area contributed by atoms with Crippen LogP contribution in [0.3, 0.4) is 0 Å². The second-order valence-electron chi connectivity index (χ2n) is 6.70. The van der Waals surface area contributed by atoms with E-state index in [9.17, 15) is 8.42 Å². The number of benzene rings is 1. The van der Waals surface area contributed by atoms with E-state index in [0.29, 0.717) is 40.6 Å². The first kappa shape index (κ1) is 18.7. The summed E-state index contributed by atoms with van der Waals surface area (Å²) in [7, 11) is -3.85. The lowest BCUT2D eigenvalue weighted by Gasteiger charge is -2.25. The highest BCUT2D eigenvalue weighted by molar-refractivity contribution is 7.89. The second kappa shape index (κ2) is 6.74. The van der Waals surface area contributed by atoms with Gasteiger partial charge in [0.2, 0.25) is 10.0 Å². The summed E-state index contributed by atoms with van der Waals surface area (Å²) in [5, 5.41) is 9.03. The van der Waals surface area contributed by atoms with E-state index in [1.54, 1.807) is 19.9 Å². The minimum Gasteiger partial charge on any atom is -0.285 e. The molecule has 1 saturated heterocycles. The lowest BCUT2D eigenvalue weighted by molar-refractivity contribution is 0.381. The minimum absolute atomic E-state index is 0.0786. The summed E-state index contributed by atoms with van der Waals surface area (Å²) < 4.78 is 30.4. The molecule has 0 amide bonds. The molecule has 3 heterocycles. The van der Waals surface area contributed by atoms with Gasteiger partial charge in [-0.2, -0.15) is 4.31 Å². The van der Waals surface area contributed by atoms with Crippen molar-refractivity contribution >= 4 is 38.9 Å². The van der Waals surface area contributed by atoms with Crippen LogP contribution in [0.25, 0.3) is 5.65 Å². The molecule has 1 atom stereocenters. The van der Waals surface area contributed by atoms with Gasteiger partial charge in [-0.05, 0) is 56.0 Å². The van der Waals surface area contributed by atoms with Crippen LogP contribution < -0.4 is 0 Å². The van der Waals surface area contributed by atoms with Gasteiger partial charge in [0, 0.05) is 17.8 Å². The number of nitrogens with zero attached hydrogens (tertiary/aromatic N) is 4. The highest BCUT2D eigenvalue weighted by atomic mass is 35.5. The van der Waals surface area contributed by atoms with Gasteiger partial charge in [0.25, 0.3) is 0 Å². The summed E-state index contributed by atoms with van der Waals surface area (Å²) in [6, 6.07) is 6.86. The van der Waals surface area contributed by atoms with E-state index in [1.165, 1.54) is 4.31 Å². The van der Waals surface area contributed by atoms with Gasteiger partial charge in [0.05, 0.1) is 11.1 Å². The first-order valence-corrected chi connectivity index (χ1v) is 10.8. The van der Waals surface area contributed by atoms with Gasteiger partial charge in [-0.25, -0.2) is 8.42 Å². The fourth-order valence-electron chi connectivity index (χ4n) is 3.61. The molecule has 0 saturated carbocycles. The summed E-state index contributed by atoms with van der Waals surface area (Å²) in [5.74, 6) is 0.610. The summed E-state index contributed by atoms with van der Waals surface area (Å²) in [5.41, 5.74) is 1.78. The zero-order chi connectivity index (χ0) is 19.3. The van der Waals surface area contributed by atoms with Crippen molar-refractivity contribution in [1.82, 2.24) is 18.9 Å². The molecule has 0 bridgehead atoms. The van der Waals surface area contributed by atoms with Crippen LogP contribution >= 0.6 is 23.2 Å². The first-order valence-electron chi connectivity index (χ1n) is 8.59. The average molecular weight is 425 g/mol. The molecule has 0 aliphatic carbocycles. The third-order valence-corrected chi connectivity index (χ3v) is 8.07. The molecular formula is C18H18Cl2N4O2S. The normalized spacial score (nSPS) is 18.4. The van der Waals surface area contributed by atoms with Crippen molar-refractivity contribution in [3.63, 3.8) is 0 Å². The van der Waals surface area contributed by atoms with E-state index in [4.69, 9.17) is 23.2 Å². The molecule has 142 valence electrons. The quantitative estimate of drug-likeness (QED) is 0.632. The molecule has 1 aliphatic heterocycles. The van der Waals surface area contributed by atoms with E-state index in [1.807, 2.05) is 28.8 Å². The number of pyridine rings is 1. The highest BCUT2D eigenvalue weighted by Crippen LogP contribution is 2.41. The SMILES string of the molecule is Cc1cc(Cl)c(C)c(S(=O)(=O)N2CCC[C@H]2c2nnc3ccccn23)c1Cl. The number of hydrogen-bond donors (Lipinski definition) is 0. The van der Waals surface area contributed by atoms with Gasteiger partial charge >= 0.3 is 0 Å². The molecule has 6 nitrogen and oxygen atoms in total. The summed E-state index contributed by atoms with van der Waals surface area (Å²) >= 11 is 12.7. The topological polar surface area (TPSA) is 67.6 Å². The monoisotopic (exact) mass is 424 g/mol. The Kier molecular flexibility index (Phi) is 4.66. The van der Waals surface area contributed by atoms with Crippen molar-refractivity contribution in [2.75, 3.05) is 6.54 Å². The van der Waals surface area contributed by atoms with Crippen LogP contribution in [0.5, 0.6) is 0 Å². The third-order valence-electron chi connectivity index (χ3n) is 5.00. The van der Waals surface area contributed by atoms with E-state index >= 15 is 0 Å². The predicted octanol–water partition coefficient (Wildman–Crippen LogP) is 4.18. The van der Waals surface area contributed by atoms with Crippen molar-refractivity contribution in [2.45, 2.75) is 37.6 Å². The predicted molar refractivity (Wildman–Crippen MR) is 105 cm³/mol. The van der Waals surface area contributed by atoms with Crippen molar-refractivity contribution < 1.29 is 8.42 Å². The smallest absolute Gasteiger partial charge is 0.245 e. The van der Waals surface area contributed by atoms with E-state index in [0.717, 1.165) is 6.42 Å². The fourth-order valence-corrected chi connectivity index (χ4v) is 6.44. The van der Waals surface area contributed by atoms with E-state index < -0.39 is 16.1 Å². The maximum Gasteiger partial charge on any atom is 0.245 e. The molecule has 0 N–H and O–H groups in total. The lowest BCUT2D eigenvalue weighted by atomic mass is 10.2. The molecule has 1 fully saturated rings. The third kappa shape index (κ3) is 2.93. The number of aromatic nitrogens is 3. The van der Waals surface area contributed by atoms with Crippen molar-refractivity contribution in [3.05, 3.63) is 57.5 Å². The van der Waals surface area contributed by atoms with Crippen LogP contribution in [0.4, 0.5) is 0 Å². The van der Waals surface area contributed by atoms with Crippen LogP contribution in [0.1, 0.15) is 35.8 Å². The Labute approximate surface area is 167 Å². The Bertz CT molecular complexity index is 1120. The van der Waals surface area contributed by atoms with Crippen LogP contribution in [-0.4, -0.2) is 33.9 Å². The summed E-state index contributed by atoms with van der Waals surface area (Å²) in [6.45, 7) is 3.83. The maximum absolute atomic E-state index is 13.5. The Morgan fingerprint density at radius 3 is 2.74 bits per heavy atom. The Hall–Kier alpha value is -1.67. The molecule has 1 aromatic carbocycles. The molecule has 0 radical (unpaired) electrons. The number of halogens is 2. The Balaban J connectivity index is 1.85. The Morgan fingerprint density at radius 1 is 1.19 bits per heavy atom. The number of aryl methyl sites for hydroxylation is 1. The molecule has 3 aromatic rings. The van der Waals surface area contributed by atoms with Crippen molar-refractivity contribution in [3.8, 4) is 0 Å². The molecule has 2 aromatic heterocycles. The minimum atomic E-state index is -3.85. The zero-order valence-corrected chi connectivity index (χ0v) is 17.2. The molecule has 27 heavy (non-hydrogen) atoms. The molecule has 9 heteroatoms. The lowest BCUT2D eigenvalue weighted by Crippen LogP contribution is -2.32. The molecule has 1 aliphatic rings. The van der Waals surface area contributed by atoms with Gasteiger partial charge in [-0.1, -0.05) is 29.3 Å². The van der Waals surface area contributed by atoms with Crippen LogP contribution in [-0.2, 0) is 10.0 Å². The molecule has 0 spiro atoms. The van der Waals surface area contributed by atoms with Gasteiger partial charge in [-0.15, -0.1) is 10.2 Å². The highest BCUT2D eigenvalue weighted by Gasteiger charge is 2.40. The average Bonchev–Trinajstić information content (AvgIpc) is 3.26. The van der Waals surface area contributed by atoms with Crippen molar-refractivity contribution in [2.24, 2.45) is 0 Å². The molecule has 4 rings (SSSR count). The zero-order valence-electron chi connectivity index (χ0n) is 14.9. The standard InChI is InChI=1S/C18H18Cl2N4O2S/c1-11-10-13(19)12(2)17(16(11)20)27(25,26)24-9-5-6-14(24)18-22-21-15-7-3-4-8-23(15)18/h3-4,7-8,10,14H,5-6,9H2,1-2H3/t14-/m0/s1. The largest absolute Gasteiger partial charge is 0.285 e. The van der Waals surface area contributed by atoms with Gasteiger partial charge in [0.1, 0.15) is 4.90 Å². The van der Waals surface area contributed by atoms with Gasteiger partial charge < -0.3 is 0 Å². The van der Waals surface area contributed by atoms with E-state index in [-0.39, 0.29) is 9.92 Å². The fraction of sp³-hybridized carbons (Fsp3) is 0.333. The van der Waals surface area contributed by atoms with Crippen LogP contribution in [0.15, 0.2) is 35.4 Å². The summed E-state index contributed by atoms with van der Waals surface area (Å²) in [4.78, 5) is 0.0786. The summed E-state index contributed by atoms with van der Waals surface area (Å²) in [6.07, 6.45) is 3.25. The Morgan fingerprint density at radius 2 is 1.96 bits per heavy atom. The van der Waals surface area contributed by atoms with Crippen LogP contribution in [0, 0.1) is 13.8 Å². The van der Waals surface area contributed by atoms with Gasteiger partial charge in [-0.3, -0.25) is 4.40 Å². The van der Waals surface area contributed by atoms with Crippen LogP contribution in [0.2, 0.25) is 10.0 Å². The number of sulfonamides is 1. The second-order valence-corrected chi connectivity index (χ2v) is 9.32.